The largest absolute Gasteiger partial charge is 0.495 e. The molecule has 1 heterocycles. The summed E-state index contributed by atoms with van der Waals surface area (Å²) in [6, 6.07) is 19.2. The minimum atomic E-state index is -4.63. The maximum absolute atomic E-state index is 13.1. The van der Waals surface area contributed by atoms with Gasteiger partial charge in [-0.1, -0.05) is 42.5 Å². The number of methoxy groups -OCH3 is 1. The molecule has 4 rings (SSSR count). The van der Waals surface area contributed by atoms with Gasteiger partial charge in [-0.3, -0.25) is 19.3 Å². The number of hydrogen-bond acceptors (Lipinski definition) is 6. The van der Waals surface area contributed by atoms with Crippen LogP contribution in [0.5, 0.6) is 11.5 Å². The van der Waals surface area contributed by atoms with Gasteiger partial charge in [0.05, 0.1) is 23.3 Å². The van der Waals surface area contributed by atoms with Crippen LogP contribution in [-0.2, 0) is 22.4 Å². The van der Waals surface area contributed by atoms with Gasteiger partial charge < -0.3 is 14.8 Å². The number of nitrogens with zero attached hydrogens (tertiary/aromatic N) is 1. The highest BCUT2D eigenvalue weighted by Crippen LogP contribution is 2.36. The fourth-order valence-electron chi connectivity index (χ4n) is 3.50. The van der Waals surface area contributed by atoms with Crippen molar-refractivity contribution >= 4 is 40.6 Å². The third-order valence-corrected chi connectivity index (χ3v) is 6.31. The van der Waals surface area contributed by atoms with Crippen molar-refractivity contribution < 1.29 is 37.0 Å². The fourth-order valence-corrected chi connectivity index (χ4v) is 4.34. The molecule has 38 heavy (non-hydrogen) atoms. The number of alkyl halides is 3. The quantitative estimate of drug-likeness (QED) is 0.353. The van der Waals surface area contributed by atoms with Gasteiger partial charge in [-0.15, -0.1) is 0 Å². The van der Waals surface area contributed by atoms with Crippen molar-refractivity contribution in [2.45, 2.75) is 12.8 Å². The molecule has 196 valence electrons. The fraction of sp³-hybridized carbons (Fsp3) is 0.148. The molecule has 1 aliphatic rings. The molecule has 3 aromatic carbocycles. The molecule has 1 N–H and O–H groups in total. The van der Waals surface area contributed by atoms with Gasteiger partial charge in [0.15, 0.2) is 0 Å². The second-order valence-electron chi connectivity index (χ2n) is 8.07. The van der Waals surface area contributed by atoms with Crippen LogP contribution in [0.2, 0.25) is 0 Å². The van der Waals surface area contributed by atoms with E-state index in [-0.39, 0.29) is 16.3 Å². The van der Waals surface area contributed by atoms with Crippen molar-refractivity contribution in [2.75, 3.05) is 19.0 Å². The Morgan fingerprint density at radius 1 is 1.03 bits per heavy atom. The molecular weight excluding hydrogens is 521 g/mol. The summed E-state index contributed by atoms with van der Waals surface area (Å²) in [4.78, 5) is 38.5. The lowest BCUT2D eigenvalue weighted by Gasteiger charge is -2.16. The number of benzene rings is 3. The molecule has 11 heteroatoms. The molecule has 0 aromatic heterocycles. The number of hydrogen-bond donors (Lipinski definition) is 1. The predicted octanol–water partition coefficient (Wildman–Crippen LogP) is 5.97. The minimum absolute atomic E-state index is 0.00317. The van der Waals surface area contributed by atoms with Crippen molar-refractivity contribution in [3.63, 3.8) is 0 Å². The molecule has 1 saturated heterocycles. The van der Waals surface area contributed by atoms with Gasteiger partial charge in [-0.25, -0.2) is 0 Å². The smallest absolute Gasteiger partial charge is 0.416 e. The maximum atomic E-state index is 13.1. The van der Waals surface area contributed by atoms with E-state index in [0.29, 0.717) is 29.7 Å². The van der Waals surface area contributed by atoms with E-state index >= 15 is 0 Å². The lowest BCUT2D eigenvalue weighted by atomic mass is 10.1. The Morgan fingerprint density at radius 2 is 1.74 bits per heavy atom. The average Bonchev–Trinajstić information content (AvgIpc) is 3.15. The highest BCUT2D eigenvalue weighted by atomic mass is 32.2. The number of halogens is 3. The van der Waals surface area contributed by atoms with Crippen LogP contribution in [-0.4, -0.2) is 35.6 Å². The van der Waals surface area contributed by atoms with Crippen molar-refractivity contribution in [3.05, 3.63) is 94.4 Å². The van der Waals surface area contributed by atoms with Crippen molar-refractivity contribution in [1.82, 2.24) is 4.90 Å². The van der Waals surface area contributed by atoms with E-state index in [0.717, 1.165) is 28.7 Å². The first kappa shape index (κ1) is 26.8. The number of ether oxygens (including phenoxy) is 2. The molecule has 0 radical (unpaired) electrons. The zero-order valence-corrected chi connectivity index (χ0v) is 20.8. The third-order valence-electron chi connectivity index (χ3n) is 5.40. The Balaban J connectivity index is 1.39. The lowest BCUT2D eigenvalue weighted by Crippen LogP contribution is -2.36. The predicted molar refractivity (Wildman–Crippen MR) is 137 cm³/mol. The Bertz CT molecular complexity index is 1380. The van der Waals surface area contributed by atoms with Crippen LogP contribution in [0, 0.1) is 0 Å². The molecule has 0 unspecified atom stereocenters. The molecule has 0 bridgehead atoms. The summed E-state index contributed by atoms with van der Waals surface area (Å²) in [7, 11) is 1.24. The molecule has 0 spiro atoms. The number of rotatable bonds is 8. The minimum Gasteiger partial charge on any atom is -0.495 e. The molecule has 0 aliphatic carbocycles. The molecule has 3 aromatic rings. The molecule has 0 saturated carbocycles. The number of nitrogens with one attached hydrogen (secondary N) is 1. The molecular formula is C27H21F3N2O5S. The molecule has 1 aliphatic heterocycles. The van der Waals surface area contributed by atoms with Gasteiger partial charge in [-0.2, -0.15) is 13.2 Å². The Hall–Kier alpha value is -4.25. The zero-order valence-electron chi connectivity index (χ0n) is 20.0. The van der Waals surface area contributed by atoms with E-state index in [2.05, 4.69) is 5.32 Å². The second-order valence-corrected chi connectivity index (χ2v) is 9.07. The van der Waals surface area contributed by atoms with E-state index in [1.54, 1.807) is 24.3 Å². The van der Waals surface area contributed by atoms with Gasteiger partial charge >= 0.3 is 6.18 Å². The van der Waals surface area contributed by atoms with Crippen LogP contribution >= 0.6 is 11.8 Å². The van der Waals surface area contributed by atoms with E-state index in [1.807, 2.05) is 30.3 Å². The first-order chi connectivity index (χ1) is 18.1. The average molecular weight is 543 g/mol. The second kappa shape index (κ2) is 11.4. The summed E-state index contributed by atoms with van der Waals surface area (Å²) in [6.07, 6.45) is -3.12. The number of anilines is 1. The zero-order chi connectivity index (χ0) is 27.3. The monoisotopic (exact) mass is 542 g/mol. The summed E-state index contributed by atoms with van der Waals surface area (Å²) in [5.74, 6) is -0.918. The number of thioether (sulfide) groups is 1. The summed E-state index contributed by atoms with van der Waals surface area (Å²) in [5.41, 5.74) is 0.435. The number of amides is 3. The number of imide groups is 1. The summed E-state index contributed by atoms with van der Waals surface area (Å²) >= 11 is 0.664. The summed E-state index contributed by atoms with van der Waals surface area (Å²) in [5, 5.41) is 1.61. The van der Waals surface area contributed by atoms with Crippen LogP contribution in [0.1, 0.15) is 16.7 Å². The first-order valence-electron chi connectivity index (χ1n) is 11.2. The van der Waals surface area contributed by atoms with Gasteiger partial charge in [-0.05, 0) is 59.3 Å². The Kier molecular flexibility index (Phi) is 8.06. The van der Waals surface area contributed by atoms with Crippen LogP contribution in [0.15, 0.2) is 77.7 Å². The van der Waals surface area contributed by atoms with E-state index in [9.17, 15) is 27.6 Å². The maximum Gasteiger partial charge on any atom is 0.416 e. The number of carbonyl (C=O) groups excluding carboxylic acids is 3. The highest BCUT2D eigenvalue weighted by Gasteiger charge is 2.37. The lowest BCUT2D eigenvalue weighted by molar-refractivity contribution is -0.137. The molecule has 7 nitrogen and oxygen atoms in total. The molecule has 0 atom stereocenters. The van der Waals surface area contributed by atoms with Gasteiger partial charge in [0, 0.05) is 0 Å². The topological polar surface area (TPSA) is 84.9 Å². The van der Waals surface area contributed by atoms with Crippen LogP contribution in [0.25, 0.3) is 6.08 Å². The summed E-state index contributed by atoms with van der Waals surface area (Å²) in [6.45, 7) is -0.277. The molecule has 3 amide bonds. The van der Waals surface area contributed by atoms with Crippen molar-refractivity contribution in [3.8, 4) is 11.5 Å². The highest BCUT2D eigenvalue weighted by molar-refractivity contribution is 8.18. The van der Waals surface area contributed by atoms with E-state index in [4.69, 9.17) is 9.47 Å². The first-order valence-corrected chi connectivity index (χ1v) is 12.0. The van der Waals surface area contributed by atoms with Crippen LogP contribution < -0.4 is 14.8 Å². The Labute approximate surface area is 220 Å². The molecule has 1 fully saturated rings. The Morgan fingerprint density at radius 3 is 2.39 bits per heavy atom. The third kappa shape index (κ3) is 6.54. The SMILES string of the molecule is COc1ccc(C(F)(F)F)cc1NC(=O)CN1C(=O)S/C(=C\c2ccc(OCc3ccccc3)cc2)C1=O. The van der Waals surface area contributed by atoms with Gasteiger partial charge in [0.25, 0.3) is 11.1 Å². The number of carbonyl (C=O) groups is 3. The van der Waals surface area contributed by atoms with E-state index < -0.39 is 35.3 Å². The van der Waals surface area contributed by atoms with Crippen molar-refractivity contribution in [2.24, 2.45) is 0 Å². The van der Waals surface area contributed by atoms with E-state index in [1.165, 1.54) is 13.2 Å². The van der Waals surface area contributed by atoms with Crippen LogP contribution in [0.4, 0.5) is 23.7 Å². The van der Waals surface area contributed by atoms with Crippen molar-refractivity contribution in [1.29, 1.82) is 0 Å². The van der Waals surface area contributed by atoms with Gasteiger partial charge in [0.2, 0.25) is 5.91 Å². The summed E-state index contributed by atoms with van der Waals surface area (Å²) < 4.78 is 49.9. The normalized spacial score (nSPS) is 14.6. The van der Waals surface area contributed by atoms with Gasteiger partial charge in [0.1, 0.15) is 24.7 Å². The van der Waals surface area contributed by atoms with Crippen LogP contribution in [0.3, 0.4) is 0 Å². The standard InChI is InChI=1S/C27H21F3N2O5S/c1-36-22-12-9-19(27(28,29)30)14-21(22)31-24(33)15-32-25(34)23(38-26(32)35)13-17-7-10-20(11-8-17)37-16-18-5-3-2-4-6-18/h2-14H,15-16H2,1H3,(H,31,33)/b23-13-.